The molecule has 2 rings (SSSR count). The van der Waals surface area contributed by atoms with Gasteiger partial charge in [-0.25, -0.2) is 0 Å². The normalized spacial score (nSPS) is 26.3. The molecule has 0 radical (unpaired) electrons. The summed E-state index contributed by atoms with van der Waals surface area (Å²) in [7, 11) is 0. The van der Waals surface area contributed by atoms with Crippen molar-refractivity contribution < 1.29 is 9.59 Å². The fourth-order valence-electron chi connectivity index (χ4n) is 2.99. The molecule has 0 spiro atoms. The van der Waals surface area contributed by atoms with E-state index >= 15 is 0 Å². The average Bonchev–Trinajstić information content (AvgIpc) is 2.99. The molecule has 2 aliphatic rings. The summed E-state index contributed by atoms with van der Waals surface area (Å²) in [5, 5.41) is 6.23. The Morgan fingerprint density at radius 3 is 2.90 bits per heavy atom. The van der Waals surface area contributed by atoms with Gasteiger partial charge in [0.1, 0.15) is 0 Å². The van der Waals surface area contributed by atoms with E-state index in [9.17, 15) is 9.59 Å². The minimum atomic E-state index is -0.0166. The number of amides is 2. The zero-order valence-corrected chi connectivity index (χ0v) is 12.1. The first kappa shape index (κ1) is 15.0. The van der Waals surface area contributed by atoms with E-state index in [1.54, 1.807) is 6.08 Å². The summed E-state index contributed by atoms with van der Waals surface area (Å²) in [5.74, 6) is 0.633. The van der Waals surface area contributed by atoms with Crippen molar-refractivity contribution in [1.29, 1.82) is 0 Å². The smallest absolute Gasteiger partial charge is 0.237 e. The summed E-state index contributed by atoms with van der Waals surface area (Å²) in [6.45, 7) is 6.81. The zero-order chi connectivity index (χ0) is 14.4. The largest absolute Gasteiger partial charge is 0.354 e. The van der Waals surface area contributed by atoms with Gasteiger partial charge in [-0.1, -0.05) is 6.08 Å². The fourth-order valence-corrected chi connectivity index (χ4v) is 2.99. The molecule has 2 fully saturated rings. The van der Waals surface area contributed by atoms with E-state index in [0.29, 0.717) is 18.9 Å². The molecule has 2 aliphatic heterocycles. The van der Waals surface area contributed by atoms with Crippen LogP contribution < -0.4 is 10.6 Å². The highest BCUT2D eigenvalue weighted by atomic mass is 16.2. The third-order valence-corrected chi connectivity index (χ3v) is 4.13. The van der Waals surface area contributed by atoms with Gasteiger partial charge in [0.25, 0.3) is 0 Å². The monoisotopic (exact) mass is 279 g/mol. The van der Waals surface area contributed by atoms with Crippen molar-refractivity contribution in [2.75, 3.05) is 26.2 Å². The van der Waals surface area contributed by atoms with Gasteiger partial charge in [-0.3, -0.25) is 9.59 Å². The molecule has 0 aromatic rings. The van der Waals surface area contributed by atoms with Crippen LogP contribution in [0.15, 0.2) is 12.7 Å². The van der Waals surface area contributed by atoms with Crippen LogP contribution in [0.5, 0.6) is 0 Å². The van der Waals surface area contributed by atoms with Crippen LogP contribution in [-0.2, 0) is 9.59 Å². The zero-order valence-electron chi connectivity index (χ0n) is 12.1. The van der Waals surface area contributed by atoms with E-state index in [-0.39, 0.29) is 17.9 Å². The van der Waals surface area contributed by atoms with Crippen molar-refractivity contribution in [2.24, 2.45) is 5.92 Å². The molecular formula is C15H25N3O2. The first-order valence-electron chi connectivity index (χ1n) is 7.60. The Kier molecular flexibility index (Phi) is 5.59. The van der Waals surface area contributed by atoms with Gasteiger partial charge in [0, 0.05) is 26.1 Å². The Morgan fingerprint density at radius 2 is 2.20 bits per heavy atom. The Hall–Kier alpha value is -1.36. The molecule has 5 heteroatoms. The molecular weight excluding hydrogens is 254 g/mol. The van der Waals surface area contributed by atoms with Crippen LogP contribution >= 0.6 is 0 Å². The quantitative estimate of drug-likeness (QED) is 0.727. The molecule has 2 amide bonds. The molecule has 5 nitrogen and oxygen atoms in total. The molecule has 2 heterocycles. The predicted octanol–water partition coefficient (Wildman–Crippen LogP) is 0.669. The lowest BCUT2D eigenvalue weighted by Gasteiger charge is -2.33. The molecule has 2 saturated heterocycles. The first-order chi connectivity index (χ1) is 9.70. The number of hydrogen-bond acceptors (Lipinski definition) is 3. The van der Waals surface area contributed by atoms with Crippen molar-refractivity contribution in [3.05, 3.63) is 12.7 Å². The van der Waals surface area contributed by atoms with E-state index in [1.165, 1.54) is 0 Å². The average molecular weight is 279 g/mol. The lowest BCUT2D eigenvalue weighted by Crippen LogP contribution is -2.46. The number of nitrogens with one attached hydrogen (secondary N) is 2. The van der Waals surface area contributed by atoms with E-state index in [2.05, 4.69) is 17.2 Å². The van der Waals surface area contributed by atoms with E-state index in [4.69, 9.17) is 0 Å². The molecule has 0 bridgehead atoms. The summed E-state index contributed by atoms with van der Waals surface area (Å²) in [6.07, 6.45) is 6.16. The van der Waals surface area contributed by atoms with Gasteiger partial charge in [-0.05, 0) is 38.1 Å². The predicted molar refractivity (Wildman–Crippen MR) is 78.2 cm³/mol. The van der Waals surface area contributed by atoms with E-state index < -0.39 is 0 Å². The molecule has 2 atom stereocenters. The SMILES string of the molecule is C=CCC(=O)N1CCCC(CNC(=O)C2CCCN2)C1. The van der Waals surface area contributed by atoms with Crippen LogP contribution in [0.25, 0.3) is 0 Å². The molecule has 0 aliphatic carbocycles. The van der Waals surface area contributed by atoms with Gasteiger partial charge in [-0.2, -0.15) is 0 Å². The summed E-state index contributed by atoms with van der Waals surface area (Å²) in [4.78, 5) is 25.7. The molecule has 20 heavy (non-hydrogen) atoms. The minimum absolute atomic E-state index is 0.0166. The lowest BCUT2D eigenvalue weighted by molar-refractivity contribution is -0.132. The van der Waals surface area contributed by atoms with Crippen LogP contribution in [0.4, 0.5) is 0 Å². The molecule has 0 aromatic heterocycles. The standard InChI is InChI=1S/C15H25N3O2/c1-2-5-14(19)18-9-4-6-12(11-18)10-17-15(20)13-7-3-8-16-13/h2,12-13,16H,1,3-11H2,(H,17,20). The molecule has 0 saturated carbocycles. The maximum Gasteiger partial charge on any atom is 0.237 e. The maximum absolute atomic E-state index is 11.9. The Bertz CT molecular complexity index is 364. The second kappa shape index (κ2) is 7.43. The maximum atomic E-state index is 11.9. The number of nitrogens with zero attached hydrogens (tertiary/aromatic N) is 1. The van der Waals surface area contributed by atoms with Crippen molar-refractivity contribution in [3.8, 4) is 0 Å². The highest BCUT2D eigenvalue weighted by molar-refractivity contribution is 5.82. The highest BCUT2D eigenvalue weighted by Gasteiger charge is 2.25. The Morgan fingerprint density at radius 1 is 1.35 bits per heavy atom. The molecule has 0 aromatic carbocycles. The van der Waals surface area contributed by atoms with Crippen molar-refractivity contribution >= 4 is 11.8 Å². The fraction of sp³-hybridized carbons (Fsp3) is 0.733. The summed E-state index contributed by atoms with van der Waals surface area (Å²) >= 11 is 0. The molecule has 2 N–H and O–H groups in total. The van der Waals surface area contributed by atoms with Gasteiger partial charge >= 0.3 is 0 Å². The topological polar surface area (TPSA) is 61.4 Å². The van der Waals surface area contributed by atoms with E-state index in [1.807, 2.05) is 4.90 Å². The van der Waals surface area contributed by atoms with Crippen LogP contribution in [0.2, 0.25) is 0 Å². The Balaban J connectivity index is 1.73. The van der Waals surface area contributed by atoms with Crippen LogP contribution in [0, 0.1) is 5.92 Å². The number of piperidine rings is 1. The van der Waals surface area contributed by atoms with Crippen LogP contribution in [0.3, 0.4) is 0 Å². The lowest BCUT2D eigenvalue weighted by atomic mass is 9.97. The van der Waals surface area contributed by atoms with Crippen LogP contribution in [-0.4, -0.2) is 48.9 Å². The van der Waals surface area contributed by atoms with Crippen molar-refractivity contribution in [3.63, 3.8) is 0 Å². The third-order valence-electron chi connectivity index (χ3n) is 4.13. The number of likely N-dealkylation sites (tertiary alicyclic amines) is 1. The van der Waals surface area contributed by atoms with Gasteiger partial charge in [0.05, 0.1) is 6.04 Å². The minimum Gasteiger partial charge on any atom is -0.354 e. The van der Waals surface area contributed by atoms with Crippen molar-refractivity contribution in [2.45, 2.75) is 38.1 Å². The summed E-state index contributed by atoms with van der Waals surface area (Å²) in [5.41, 5.74) is 0. The Labute approximate surface area is 120 Å². The second-order valence-corrected chi connectivity index (χ2v) is 5.73. The van der Waals surface area contributed by atoms with Gasteiger partial charge in [-0.15, -0.1) is 6.58 Å². The summed E-state index contributed by atoms with van der Waals surface area (Å²) < 4.78 is 0. The number of carbonyl (C=O) groups is 2. The van der Waals surface area contributed by atoms with E-state index in [0.717, 1.165) is 45.3 Å². The van der Waals surface area contributed by atoms with Crippen molar-refractivity contribution in [1.82, 2.24) is 15.5 Å². The third kappa shape index (κ3) is 4.07. The molecule has 112 valence electrons. The first-order valence-corrected chi connectivity index (χ1v) is 7.60. The summed E-state index contributed by atoms with van der Waals surface area (Å²) in [6, 6.07) is -0.0166. The van der Waals surface area contributed by atoms with Gasteiger partial charge < -0.3 is 15.5 Å². The van der Waals surface area contributed by atoms with Gasteiger partial charge in [0.2, 0.25) is 11.8 Å². The second-order valence-electron chi connectivity index (χ2n) is 5.73. The van der Waals surface area contributed by atoms with Gasteiger partial charge in [0.15, 0.2) is 0 Å². The highest BCUT2D eigenvalue weighted by Crippen LogP contribution is 2.17. The number of carbonyl (C=O) groups excluding carboxylic acids is 2. The molecule has 2 unspecified atom stereocenters. The number of rotatable bonds is 5. The number of hydrogen-bond donors (Lipinski definition) is 2. The van der Waals surface area contributed by atoms with Crippen LogP contribution in [0.1, 0.15) is 32.1 Å².